The third-order valence-corrected chi connectivity index (χ3v) is 5.55. The average molecular weight is 288 g/mol. The number of tetrazole rings is 1. The normalized spacial score (nSPS) is 18.1. The molecule has 0 saturated heterocycles. The molecule has 1 saturated carbocycles. The van der Waals surface area contributed by atoms with Crippen LogP contribution in [-0.4, -0.2) is 48.0 Å². The van der Waals surface area contributed by atoms with Crippen LogP contribution in [0, 0.1) is 0 Å². The fourth-order valence-corrected chi connectivity index (χ4v) is 3.79. The number of thioether (sulfide) groups is 2. The molecule has 0 aromatic carbocycles. The Morgan fingerprint density at radius 1 is 1.50 bits per heavy atom. The maximum absolute atomic E-state index is 10.6. The summed E-state index contributed by atoms with van der Waals surface area (Å²) in [5.41, 5.74) is 0. The zero-order chi connectivity index (χ0) is 13.0. The van der Waals surface area contributed by atoms with Crippen molar-refractivity contribution >= 4 is 29.5 Å². The van der Waals surface area contributed by atoms with Gasteiger partial charge in [-0.25, -0.2) is 4.68 Å². The number of carboxylic acids is 1. The standard InChI is InChI=1S/C10H16N4O2S2/c1-17-10(4-2-3-5-10)7-14-9(11-12-13-14)18-6-8(15)16/h2-7H2,1H3,(H,15,16). The molecule has 1 aromatic heterocycles. The zero-order valence-electron chi connectivity index (χ0n) is 10.2. The summed E-state index contributed by atoms with van der Waals surface area (Å²) in [5.74, 6) is -0.859. The van der Waals surface area contributed by atoms with Crippen molar-refractivity contribution in [2.24, 2.45) is 0 Å². The lowest BCUT2D eigenvalue weighted by Gasteiger charge is -2.26. The van der Waals surface area contributed by atoms with Crippen LogP contribution in [0.3, 0.4) is 0 Å². The van der Waals surface area contributed by atoms with E-state index in [1.54, 1.807) is 4.68 Å². The number of aromatic nitrogens is 4. The third-order valence-electron chi connectivity index (χ3n) is 3.21. The van der Waals surface area contributed by atoms with Gasteiger partial charge in [-0.3, -0.25) is 4.79 Å². The first-order valence-corrected chi connectivity index (χ1v) is 8.02. The van der Waals surface area contributed by atoms with Gasteiger partial charge in [0.25, 0.3) is 0 Å². The Morgan fingerprint density at radius 3 is 2.83 bits per heavy atom. The van der Waals surface area contributed by atoms with E-state index in [0.717, 1.165) is 6.54 Å². The van der Waals surface area contributed by atoms with Crippen LogP contribution >= 0.6 is 23.5 Å². The number of carbonyl (C=O) groups is 1. The van der Waals surface area contributed by atoms with Crippen LogP contribution in [0.4, 0.5) is 0 Å². The molecule has 18 heavy (non-hydrogen) atoms. The monoisotopic (exact) mass is 288 g/mol. The van der Waals surface area contributed by atoms with E-state index in [4.69, 9.17) is 5.11 Å². The molecule has 0 amide bonds. The van der Waals surface area contributed by atoms with Crippen molar-refractivity contribution in [3.63, 3.8) is 0 Å². The molecule has 0 atom stereocenters. The van der Waals surface area contributed by atoms with E-state index >= 15 is 0 Å². The van der Waals surface area contributed by atoms with Gasteiger partial charge in [-0.05, 0) is 29.5 Å². The van der Waals surface area contributed by atoms with Gasteiger partial charge in [0.1, 0.15) is 0 Å². The highest BCUT2D eigenvalue weighted by molar-refractivity contribution is 8.00. The lowest BCUT2D eigenvalue weighted by Crippen LogP contribution is -2.28. The molecule has 1 fully saturated rings. The minimum atomic E-state index is -0.852. The van der Waals surface area contributed by atoms with E-state index in [2.05, 4.69) is 21.8 Å². The molecule has 0 radical (unpaired) electrons. The molecule has 0 aliphatic heterocycles. The van der Waals surface area contributed by atoms with Gasteiger partial charge in [0, 0.05) is 4.75 Å². The summed E-state index contributed by atoms with van der Waals surface area (Å²) < 4.78 is 1.96. The topological polar surface area (TPSA) is 80.9 Å². The second kappa shape index (κ2) is 5.92. The van der Waals surface area contributed by atoms with Crippen molar-refractivity contribution in [2.75, 3.05) is 12.0 Å². The van der Waals surface area contributed by atoms with Gasteiger partial charge >= 0.3 is 5.97 Å². The van der Waals surface area contributed by atoms with Crippen molar-refractivity contribution in [3.8, 4) is 0 Å². The first-order chi connectivity index (χ1) is 8.65. The maximum Gasteiger partial charge on any atom is 0.313 e. The fourth-order valence-electron chi connectivity index (χ4n) is 2.24. The smallest absolute Gasteiger partial charge is 0.313 e. The number of nitrogens with zero attached hydrogens (tertiary/aromatic N) is 4. The number of hydrogen-bond acceptors (Lipinski definition) is 6. The summed E-state index contributed by atoms with van der Waals surface area (Å²) in [6, 6.07) is 0. The van der Waals surface area contributed by atoms with E-state index in [0.29, 0.717) is 5.16 Å². The summed E-state index contributed by atoms with van der Waals surface area (Å²) in [4.78, 5) is 10.6. The lowest BCUT2D eigenvalue weighted by molar-refractivity contribution is -0.133. The predicted molar refractivity (Wildman–Crippen MR) is 70.9 cm³/mol. The molecule has 2 rings (SSSR count). The Hall–Kier alpha value is -0.760. The third kappa shape index (κ3) is 3.17. The molecule has 0 unspecified atom stereocenters. The quantitative estimate of drug-likeness (QED) is 0.795. The van der Waals surface area contributed by atoms with Crippen molar-refractivity contribution in [2.45, 2.75) is 42.1 Å². The van der Waals surface area contributed by atoms with Gasteiger partial charge in [0.15, 0.2) is 0 Å². The molecule has 1 aromatic rings. The SMILES string of the molecule is CSC1(Cn2nnnc2SCC(=O)O)CCCC1. The number of aliphatic carboxylic acids is 1. The molecule has 0 bridgehead atoms. The second-order valence-electron chi connectivity index (χ2n) is 4.40. The summed E-state index contributed by atoms with van der Waals surface area (Å²) in [6.45, 7) is 0.767. The van der Waals surface area contributed by atoms with E-state index in [-0.39, 0.29) is 10.5 Å². The molecule has 100 valence electrons. The minimum absolute atomic E-state index is 0.00730. The van der Waals surface area contributed by atoms with Crippen LogP contribution in [0.5, 0.6) is 0 Å². The fraction of sp³-hybridized carbons (Fsp3) is 0.800. The predicted octanol–water partition coefficient (Wildman–Crippen LogP) is 1.53. The van der Waals surface area contributed by atoms with E-state index < -0.39 is 5.97 Å². The molecule has 8 heteroatoms. The van der Waals surface area contributed by atoms with Crippen molar-refractivity contribution in [1.29, 1.82) is 0 Å². The molecule has 0 spiro atoms. The van der Waals surface area contributed by atoms with Gasteiger partial charge < -0.3 is 5.11 Å². The van der Waals surface area contributed by atoms with Crippen LogP contribution < -0.4 is 0 Å². The Morgan fingerprint density at radius 2 is 2.22 bits per heavy atom. The zero-order valence-corrected chi connectivity index (χ0v) is 11.8. The molecule has 1 aliphatic carbocycles. The van der Waals surface area contributed by atoms with E-state index in [1.165, 1.54) is 37.4 Å². The van der Waals surface area contributed by atoms with Crippen molar-refractivity contribution in [3.05, 3.63) is 0 Å². The summed E-state index contributed by atoms with van der Waals surface area (Å²) in [6.07, 6.45) is 6.98. The molecular formula is C10H16N4O2S2. The lowest BCUT2D eigenvalue weighted by atomic mass is 10.1. The van der Waals surface area contributed by atoms with Gasteiger partial charge in [-0.2, -0.15) is 11.8 Å². The summed E-state index contributed by atoms with van der Waals surface area (Å²) >= 11 is 3.04. The first-order valence-electron chi connectivity index (χ1n) is 5.81. The number of hydrogen-bond donors (Lipinski definition) is 1. The Kier molecular flexibility index (Phi) is 4.50. The van der Waals surface area contributed by atoms with Crippen LogP contribution in [-0.2, 0) is 11.3 Å². The van der Waals surface area contributed by atoms with Crippen LogP contribution in [0.15, 0.2) is 5.16 Å². The van der Waals surface area contributed by atoms with E-state index in [1.807, 2.05) is 11.8 Å². The summed E-state index contributed by atoms with van der Waals surface area (Å²) in [7, 11) is 0. The van der Waals surface area contributed by atoms with Crippen molar-refractivity contribution < 1.29 is 9.90 Å². The van der Waals surface area contributed by atoms with Gasteiger partial charge in [-0.15, -0.1) is 5.10 Å². The Balaban J connectivity index is 2.04. The van der Waals surface area contributed by atoms with E-state index in [9.17, 15) is 4.79 Å². The molecule has 1 N–H and O–H groups in total. The highest BCUT2D eigenvalue weighted by Crippen LogP contribution is 2.41. The van der Waals surface area contributed by atoms with Gasteiger partial charge in [0.2, 0.25) is 5.16 Å². The average Bonchev–Trinajstić information content (AvgIpc) is 2.97. The number of rotatable bonds is 6. The molecule has 1 aliphatic rings. The van der Waals surface area contributed by atoms with Crippen LogP contribution in [0.1, 0.15) is 25.7 Å². The van der Waals surface area contributed by atoms with Gasteiger partial charge in [-0.1, -0.05) is 24.6 Å². The minimum Gasteiger partial charge on any atom is -0.481 e. The van der Waals surface area contributed by atoms with Crippen LogP contribution in [0.2, 0.25) is 0 Å². The first kappa shape index (κ1) is 13.7. The Bertz CT molecular complexity index is 418. The largest absolute Gasteiger partial charge is 0.481 e. The molecular weight excluding hydrogens is 272 g/mol. The number of carboxylic acid groups (broad SMARTS) is 1. The van der Waals surface area contributed by atoms with Crippen molar-refractivity contribution in [1.82, 2.24) is 20.2 Å². The molecule has 6 nitrogen and oxygen atoms in total. The summed E-state index contributed by atoms with van der Waals surface area (Å²) in [5, 5.41) is 20.8. The highest BCUT2D eigenvalue weighted by Gasteiger charge is 2.34. The maximum atomic E-state index is 10.6. The Labute approximate surface area is 114 Å². The van der Waals surface area contributed by atoms with Crippen LogP contribution in [0.25, 0.3) is 0 Å². The van der Waals surface area contributed by atoms with Gasteiger partial charge in [0.05, 0.1) is 12.3 Å². The second-order valence-corrected chi connectivity index (χ2v) is 6.61. The molecule has 1 heterocycles. The highest BCUT2D eigenvalue weighted by atomic mass is 32.2.